The first kappa shape index (κ1) is 13.1. The third-order valence-electron chi connectivity index (χ3n) is 4.44. The lowest BCUT2D eigenvalue weighted by atomic mass is 9.78. The van der Waals surface area contributed by atoms with Crippen LogP contribution in [-0.4, -0.2) is 18.3 Å². The van der Waals surface area contributed by atoms with Crippen LogP contribution in [0.25, 0.3) is 11.1 Å². The first-order valence-corrected chi connectivity index (χ1v) is 7.31. The SMILES string of the molecule is [2H]c1cc(B2OC(C)(C)C(C)(C)O2)cc(-c2ccccc2)c1. The van der Waals surface area contributed by atoms with Gasteiger partial charge in [0, 0.05) is 0 Å². The summed E-state index contributed by atoms with van der Waals surface area (Å²) in [5.41, 5.74) is 2.25. The highest BCUT2D eigenvalue weighted by atomic mass is 16.7. The van der Waals surface area contributed by atoms with Crippen LogP contribution in [0.4, 0.5) is 0 Å². The highest BCUT2D eigenvalue weighted by molar-refractivity contribution is 6.62. The van der Waals surface area contributed by atoms with Gasteiger partial charge in [0.1, 0.15) is 0 Å². The normalized spacial score (nSPS) is 20.4. The van der Waals surface area contributed by atoms with E-state index in [-0.39, 0.29) is 11.2 Å². The molecular weight excluding hydrogens is 259 g/mol. The first-order valence-electron chi connectivity index (χ1n) is 7.81. The second kappa shape index (κ2) is 5.01. The summed E-state index contributed by atoms with van der Waals surface area (Å²) in [4.78, 5) is 0. The van der Waals surface area contributed by atoms with Gasteiger partial charge in [0.2, 0.25) is 0 Å². The van der Waals surface area contributed by atoms with E-state index in [1.54, 1.807) is 0 Å². The Morgan fingerprint density at radius 3 is 2.10 bits per heavy atom. The van der Waals surface area contributed by atoms with E-state index in [4.69, 9.17) is 10.7 Å². The van der Waals surface area contributed by atoms with Crippen molar-refractivity contribution in [3.05, 3.63) is 54.6 Å². The maximum Gasteiger partial charge on any atom is 0.494 e. The Kier molecular flexibility index (Phi) is 3.13. The standard InChI is InChI=1S/C18H21BO2/c1-17(2)18(3,4)21-19(20-17)16-12-8-11-15(13-16)14-9-6-5-7-10-14/h5-13H,1-4H3/i8D. The van der Waals surface area contributed by atoms with E-state index >= 15 is 0 Å². The highest BCUT2D eigenvalue weighted by Crippen LogP contribution is 2.36. The molecule has 0 atom stereocenters. The lowest BCUT2D eigenvalue weighted by Gasteiger charge is -2.32. The van der Waals surface area contributed by atoms with Gasteiger partial charge in [0.05, 0.1) is 12.6 Å². The van der Waals surface area contributed by atoms with Crippen molar-refractivity contribution in [3.8, 4) is 11.1 Å². The minimum Gasteiger partial charge on any atom is -0.399 e. The second-order valence-electron chi connectivity index (χ2n) is 6.51. The van der Waals surface area contributed by atoms with E-state index in [1.165, 1.54) is 0 Å². The molecule has 3 rings (SSSR count). The zero-order valence-electron chi connectivity index (χ0n) is 14.0. The molecule has 0 bridgehead atoms. The summed E-state index contributed by atoms with van der Waals surface area (Å²) in [6.07, 6.45) is 0. The summed E-state index contributed by atoms with van der Waals surface area (Å²) < 4.78 is 20.3. The lowest BCUT2D eigenvalue weighted by molar-refractivity contribution is 0.00578. The van der Waals surface area contributed by atoms with Crippen LogP contribution in [0, 0.1) is 0 Å². The van der Waals surface area contributed by atoms with Gasteiger partial charge in [0.25, 0.3) is 0 Å². The summed E-state index contributed by atoms with van der Waals surface area (Å²) in [6.45, 7) is 8.15. The van der Waals surface area contributed by atoms with Gasteiger partial charge in [0.15, 0.2) is 0 Å². The molecule has 0 saturated carbocycles. The van der Waals surface area contributed by atoms with Crippen LogP contribution in [-0.2, 0) is 9.31 Å². The number of rotatable bonds is 2. The topological polar surface area (TPSA) is 18.5 Å². The third-order valence-corrected chi connectivity index (χ3v) is 4.44. The van der Waals surface area contributed by atoms with Crippen molar-refractivity contribution in [1.29, 1.82) is 0 Å². The zero-order chi connectivity index (χ0) is 16.0. The Hall–Kier alpha value is -1.58. The molecule has 1 aliphatic rings. The van der Waals surface area contributed by atoms with Crippen molar-refractivity contribution in [2.75, 3.05) is 0 Å². The second-order valence-corrected chi connectivity index (χ2v) is 6.51. The van der Waals surface area contributed by atoms with Gasteiger partial charge < -0.3 is 9.31 Å². The molecule has 0 unspecified atom stereocenters. The van der Waals surface area contributed by atoms with Crippen LogP contribution < -0.4 is 5.46 Å². The molecule has 1 aliphatic heterocycles. The van der Waals surface area contributed by atoms with Gasteiger partial charge in [-0.1, -0.05) is 54.6 Å². The molecule has 2 aromatic rings. The molecular formula is C18H21BO2. The smallest absolute Gasteiger partial charge is 0.399 e. The maximum atomic E-state index is 8.08. The predicted molar refractivity (Wildman–Crippen MR) is 87.6 cm³/mol. The Balaban J connectivity index is 1.98. The fourth-order valence-electron chi connectivity index (χ4n) is 2.40. The van der Waals surface area contributed by atoms with E-state index in [0.717, 1.165) is 16.6 Å². The zero-order valence-corrected chi connectivity index (χ0v) is 13.0. The van der Waals surface area contributed by atoms with E-state index in [9.17, 15) is 0 Å². The van der Waals surface area contributed by atoms with Gasteiger partial charge in [-0.2, -0.15) is 0 Å². The monoisotopic (exact) mass is 281 g/mol. The lowest BCUT2D eigenvalue weighted by Crippen LogP contribution is -2.41. The van der Waals surface area contributed by atoms with Crippen LogP contribution >= 0.6 is 0 Å². The molecule has 0 amide bonds. The summed E-state index contributed by atoms with van der Waals surface area (Å²) in [5, 5.41) is 0. The number of benzene rings is 2. The summed E-state index contributed by atoms with van der Waals surface area (Å²) in [7, 11) is -0.433. The molecule has 108 valence electrons. The minimum atomic E-state index is -0.433. The molecule has 0 aliphatic carbocycles. The van der Waals surface area contributed by atoms with Gasteiger partial charge in [-0.15, -0.1) is 0 Å². The predicted octanol–water partition coefficient (Wildman–Crippen LogP) is 3.65. The number of hydrogen-bond acceptors (Lipinski definition) is 2. The molecule has 0 aromatic heterocycles. The largest absolute Gasteiger partial charge is 0.494 e. The summed E-state index contributed by atoms with van der Waals surface area (Å²) in [6, 6.07) is 16.3. The molecule has 0 spiro atoms. The number of hydrogen-bond donors (Lipinski definition) is 0. The highest BCUT2D eigenvalue weighted by Gasteiger charge is 2.51. The Morgan fingerprint density at radius 1 is 0.857 bits per heavy atom. The van der Waals surface area contributed by atoms with Crippen LogP contribution in [0.3, 0.4) is 0 Å². The van der Waals surface area contributed by atoms with Crippen molar-refractivity contribution < 1.29 is 10.7 Å². The Morgan fingerprint density at radius 2 is 1.48 bits per heavy atom. The molecule has 0 N–H and O–H groups in total. The molecule has 2 nitrogen and oxygen atoms in total. The molecule has 2 aromatic carbocycles. The Bertz CT molecular complexity index is 667. The van der Waals surface area contributed by atoms with Crippen LogP contribution in [0.1, 0.15) is 29.1 Å². The van der Waals surface area contributed by atoms with Crippen LogP contribution in [0.15, 0.2) is 54.6 Å². The van der Waals surface area contributed by atoms with Crippen molar-refractivity contribution in [2.45, 2.75) is 38.9 Å². The van der Waals surface area contributed by atoms with E-state index in [1.807, 2.05) is 70.2 Å². The molecule has 0 radical (unpaired) electrons. The van der Waals surface area contributed by atoms with Gasteiger partial charge in [-0.3, -0.25) is 0 Å². The van der Waals surface area contributed by atoms with E-state index < -0.39 is 7.12 Å². The van der Waals surface area contributed by atoms with Crippen LogP contribution in [0.5, 0.6) is 0 Å². The van der Waals surface area contributed by atoms with E-state index in [0.29, 0.717) is 6.04 Å². The van der Waals surface area contributed by atoms with Gasteiger partial charge >= 0.3 is 7.12 Å². The fraction of sp³-hybridized carbons (Fsp3) is 0.333. The van der Waals surface area contributed by atoms with Gasteiger partial charge in [-0.05, 0) is 44.3 Å². The van der Waals surface area contributed by atoms with E-state index in [2.05, 4.69) is 6.07 Å². The van der Waals surface area contributed by atoms with Crippen molar-refractivity contribution in [2.24, 2.45) is 0 Å². The molecule has 1 fully saturated rings. The quantitative estimate of drug-likeness (QED) is 0.782. The first-order chi connectivity index (χ1) is 10.3. The molecule has 1 saturated heterocycles. The average molecular weight is 281 g/mol. The maximum absolute atomic E-state index is 8.08. The Labute approximate surface area is 128 Å². The average Bonchev–Trinajstić information content (AvgIpc) is 2.68. The summed E-state index contributed by atoms with van der Waals surface area (Å²) in [5.74, 6) is 0. The minimum absolute atomic E-state index is 0.372. The van der Waals surface area contributed by atoms with Crippen LogP contribution in [0.2, 0.25) is 0 Å². The fourth-order valence-corrected chi connectivity index (χ4v) is 2.40. The third kappa shape index (κ3) is 2.64. The van der Waals surface area contributed by atoms with Crippen molar-refractivity contribution in [1.82, 2.24) is 0 Å². The summed E-state index contributed by atoms with van der Waals surface area (Å²) >= 11 is 0. The molecule has 1 heterocycles. The van der Waals surface area contributed by atoms with Gasteiger partial charge in [-0.25, -0.2) is 0 Å². The van der Waals surface area contributed by atoms with Crippen molar-refractivity contribution in [3.63, 3.8) is 0 Å². The van der Waals surface area contributed by atoms with Crippen molar-refractivity contribution >= 4 is 12.6 Å². The molecule has 3 heteroatoms. The molecule has 21 heavy (non-hydrogen) atoms.